The van der Waals surface area contributed by atoms with E-state index in [1.807, 2.05) is 0 Å². The molecule has 0 fully saturated rings. The molecule has 1 amide bonds. The van der Waals surface area contributed by atoms with Crippen LogP contribution >= 0.6 is 11.6 Å². The van der Waals surface area contributed by atoms with Crippen LogP contribution < -0.4 is 9.96 Å². The summed E-state index contributed by atoms with van der Waals surface area (Å²) < 4.78 is 80.6. The van der Waals surface area contributed by atoms with E-state index < -0.39 is 47.1 Å². The van der Waals surface area contributed by atoms with Gasteiger partial charge in [0.25, 0.3) is 0 Å². The topological polar surface area (TPSA) is 76.9 Å². The third kappa shape index (κ3) is 5.87. The Labute approximate surface area is 218 Å². The van der Waals surface area contributed by atoms with Gasteiger partial charge in [0, 0.05) is 23.2 Å². The summed E-state index contributed by atoms with van der Waals surface area (Å²) in [5, 5.41) is 19.8. The van der Waals surface area contributed by atoms with Crippen LogP contribution in [0.1, 0.15) is 30.5 Å². The first-order valence-electron chi connectivity index (χ1n) is 10.9. The first-order valence-corrected chi connectivity index (χ1v) is 11.3. The van der Waals surface area contributed by atoms with Gasteiger partial charge in [-0.15, -0.1) is 0 Å². The average molecular weight is 562 g/mol. The quantitative estimate of drug-likeness (QED) is 0.203. The molecule has 1 aromatic heterocycles. The largest absolute Gasteiger partial charge is 0.416 e. The fourth-order valence-corrected chi connectivity index (χ4v) is 4.02. The number of alkyl halides is 6. The Balaban J connectivity index is 2.16. The van der Waals surface area contributed by atoms with Crippen molar-refractivity contribution >= 4 is 29.0 Å². The summed E-state index contributed by atoms with van der Waals surface area (Å²) in [4.78, 5) is 18.7. The molecule has 3 rings (SSSR count). The van der Waals surface area contributed by atoms with Crippen LogP contribution in [0.15, 0.2) is 54.7 Å². The third-order valence-electron chi connectivity index (χ3n) is 5.94. The maximum absolute atomic E-state index is 13.6. The molecule has 204 valence electrons. The number of carbonyl (C=O) groups excluding carboxylic acids is 1. The number of halogens is 7. The number of benzene rings is 2. The van der Waals surface area contributed by atoms with E-state index in [0.29, 0.717) is 22.8 Å². The van der Waals surface area contributed by atoms with Crippen LogP contribution in [-0.4, -0.2) is 35.0 Å². The van der Waals surface area contributed by atoms with Crippen molar-refractivity contribution in [3.8, 4) is 11.1 Å². The summed E-state index contributed by atoms with van der Waals surface area (Å²) in [6.45, 7) is 1.60. The average Bonchev–Trinajstić information content (AvgIpc) is 2.86. The number of aliphatic hydroxyl groups excluding tert-OH is 1. The summed E-state index contributed by atoms with van der Waals surface area (Å²) in [7, 11) is 1.28. The highest BCUT2D eigenvalue weighted by molar-refractivity contribution is 6.33. The van der Waals surface area contributed by atoms with Crippen LogP contribution in [0.2, 0.25) is 5.02 Å². The van der Waals surface area contributed by atoms with Crippen molar-refractivity contribution in [2.75, 3.05) is 23.7 Å². The van der Waals surface area contributed by atoms with Crippen LogP contribution in [0.3, 0.4) is 0 Å². The van der Waals surface area contributed by atoms with Crippen LogP contribution in [0, 0.1) is 0 Å². The first kappa shape index (κ1) is 29.2. The number of carbonyl (C=O) groups is 1. The minimum absolute atomic E-state index is 0.00623. The van der Waals surface area contributed by atoms with Gasteiger partial charge in [-0.05, 0) is 49.7 Å². The van der Waals surface area contributed by atoms with E-state index in [-0.39, 0.29) is 28.2 Å². The zero-order chi connectivity index (χ0) is 28.6. The molecule has 0 saturated heterocycles. The summed E-state index contributed by atoms with van der Waals surface area (Å²) >= 11 is 6.32. The summed E-state index contributed by atoms with van der Waals surface area (Å²) in [6.07, 6.45) is -9.00. The molecule has 3 aromatic rings. The Morgan fingerprint density at radius 2 is 1.45 bits per heavy atom. The molecule has 0 unspecified atom stereocenters. The van der Waals surface area contributed by atoms with Gasteiger partial charge in [-0.1, -0.05) is 29.8 Å². The second kappa shape index (κ2) is 10.4. The lowest BCUT2D eigenvalue weighted by Gasteiger charge is -2.32. The molecule has 2 N–H and O–H groups in total. The first-order chi connectivity index (χ1) is 17.5. The number of hydrogen-bond donors (Lipinski definition) is 2. The van der Waals surface area contributed by atoms with Gasteiger partial charge in [-0.25, -0.2) is 10.0 Å². The van der Waals surface area contributed by atoms with E-state index in [1.54, 1.807) is 24.3 Å². The number of aromatic nitrogens is 1. The Morgan fingerprint density at radius 1 is 0.921 bits per heavy atom. The minimum Gasteiger partial charge on any atom is -0.374 e. The van der Waals surface area contributed by atoms with Crippen molar-refractivity contribution in [2.45, 2.75) is 31.6 Å². The van der Waals surface area contributed by atoms with E-state index >= 15 is 0 Å². The second-order valence-electron chi connectivity index (χ2n) is 8.86. The number of aliphatic hydroxyl groups is 1. The number of nitrogens with zero attached hydrogens (tertiary/aromatic N) is 3. The number of anilines is 2. The highest BCUT2D eigenvalue weighted by Gasteiger charge is 2.41. The van der Waals surface area contributed by atoms with Gasteiger partial charge in [0.1, 0.15) is 6.73 Å². The Hall–Kier alpha value is -3.35. The molecule has 0 radical (unpaired) electrons. The normalized spacial score (nSPS) is 12.4. The van der Waals surface area contributed by atoms with E-state index in [1.165, 1.54) is 27.0 Å². The number of pyridine rings is 1. The number of hydroxylamine groups is 1. The zero-order valence-corrected chi connectivity index (χ0v) is 20.9. The van der Waals surface area contributed by atoms with Gasteiger partial charge in [-0.3, -0.25) is 10.0 Å². The molecular formula is C25H22ClF6N3O3. The lowest BCUT2D eigenvalue weighted by molar-refractivity contribution is -0.143. The van der Waals surface area contributed by atoms with Crippen molar-refractivity contribution in [3.63, 3.8) is 0 Å². The molecule has 0 atom stereocenters. The van der Waals surface area contributed by atoms with Crippen molar-refractivity contribution in [1.82, 2.24) is 4.98 Å². The Morgan fingerprint density at radius 3 is 1.95 bits per heavy atom. The molecule has 1 heterocycles. The predicted octanol–water partition coefficient (Wildman–Crippen LogP) is 6.53. The SMILES string of the molecule is CN(C(=O)C(C)(C)c1cc(C(F)(F)F)cc(C(F)(F)F)c1)c1cnc(N(O)CO)cc1-c1ccccc1Cl. The van der Waals surface area contributed by atoms with E-state index in [9.17, 15) is 41.5 Å². The van der Waals surface area contributed by atoms with Gasteiger partial charge in [0.05, 0.1) is 28.4 Å². The van der Waals surface area contributed by atoms with Crippen LogP contribution in [0.25, 0.3) is 11.1 Å². The molecule has 0 bridgehead atoms. The Kier molecular flexibility index (Phi) is 8.02. The number of amides is 1. The molecule has 0 aliphatic heterocycles. The second-order valence-corrected chi connectivity index (χ2v) is 9.27. The monoisotopic (exact) mass is 561 g/mol. The summed E-state index contributed by atoms with van der Waals surface area (Å²) in [5.74, 6) is -0.963. The van der Waals surface area contributed by atoms with Crippen molar-refractivity contribution in [3.05, 3.63) is 76.4 Å². The van der Waals surface area contributed by atoms with Crippen molar-refractivity contribution in [2.24, 2.45) is 0 Å². The molecule has 0 saturated carbocycles. The molecular weight excluding hydrogens is 540 g/mol. The van der Waals surface area contributed by atoms with Gasteiger partial charge in [-0.2, -0.15) is 26.3 Å². The van der Waals surface area contributed by atoms with Gasteiger partial charge in [0.15, 0.2) is 5.82 Å². The standard InChI is InChI=1S/C25H22ClF6N3O3/c1-23(2,14-8-15(24(27,28)29)10-16(9-14)25(30,31)32)22(37)34(3)20-12-33-21(35(38)13-36)11-18(20)17-6-4-5-7-19(17)26/h4-12,36,38H,13H2,1-3H3. The lowest BCUT2D eigenvalue weighted by atomic mass is 9.81. The van der Waals surface area contributed by atoms with Gasteiger partial charge in [0.2, 0.25) is 5.91 Å². The highest BCUT2D eigenvalue weighted by Crippen LogP contribution is 2.41. The molecule has 2 aromatic carbocycles. The molecule has 13 heteroatoms. The number of likely N-dealkylation sites (N-methyl/N-ethyl adjacent to an activating group) is 1. The molecule has 0 aliphatic carbocycles. The third-order valence-corrected chi connectivity index (χ3v) is 6.27. The van der Waals surface area contributed by atoms with Crippen LogP contribution in [-0.2, 0) is 22.6 Å². The smallest absolute Gasteiger partial charge is 0.374 e. The predicted molar refractivity (Wildman–Crippen MR) is 129 cm³/mol. The highest BCUT2D eigenvalue weighted by atomic mass is 35.5. The molecule has 38 heavy (non-hydrogen) atoms. The van der Waals surface area contributed by atoms with Crippen molar-refractivity contribution < 1.29 is 41.5 Å². The van der Waals surface area contributed by atoms with Crippen LogP contribution in [0.4, 0.5) is 37.8 Å². The van der Waals surface area contributed by atoms with E-state index in [2.05, 4.69) is 4.98 Å². The van der Waals surface area contributed by atoms with Gasteiger partial charge >= 0.3 is 12.4 Å². The molecule has 0 spiro atoms. The number of hydrogen-bond acceptors (Lipinski definition) is 5. The van der Waals surface area contributed by atoms with Gasteiger partial charge < -0.3 is 10.0 Å². The Bertz CT molecular complexity index is 1310. The molecule has 6 nitrogen and oxygen atoms in total. The zero-order valence-electron chi connectivity index (χ0n) is 20.2. The molecule has 0 aliphatic rings. The maximum Gasteiger partial charge on any atom is 0.416 e. The fraction of sp³-hybridized carbons (Fsp3) is 0.280. The fourth-order valence-electron chi connectivity index (χ4n) is 3.78. The summed E-state index contributed by atoms with van der Waals surface area (Å²) in [5.41, 5.74) is -4.71. The number of rotatable bonds is 6. The minimum atomic E-state index is -5.08. The van der Waals surface area contributed by atoms with E-state index in [0.717, 1.165) is 11.1 Å². The van der Waals surface area contributed by atoms with E-state index in [4.69, 9.17) is 11.6 Å². The summed E-state index contributed by atoms with van der Waals surface area (Å²) in [6, 6.07) is 8.77. The van der Waals surface area contributed by atoms with Crippen molar-refractivity contribution in [1.29, 1.82) is 0 Å². The maximum atomic E-state index is 13.6. The van der Waals surface area contributed by atoms with Crippen LogP contribution in [0.5, 0.6) is 0 Å². The lowest BCUT2D eigenvalue weighted by Crippen LogP contribution is -2.42.